The number of hydrogen-bond acceptors (Lipinski definition) is 7. The van der Waals surface area contributed by atoms with E-state index in [9.17, 15) is 4.79 Å². The number of rotatable bonds is 10. The van der Waals surface area contributed by atoms with Gasteiger partial charge in [0.1, 0.15) is 5.76 Å². The van der Waals surface area contributed by atoms with Crippen LogP contribution in [0.5, 0.6) is 0 Å². The molecule has 0 bridgehead atoms. The molecule has 0 saturated heterocycles. The largest absolute Gasteiger partial charge is 0.385 e. The minimum absolute atomic E-state index is 0.152. The van der Waals surface area contributed by atoms with Crippen molar-refractivity contribution in [3.8, 4) is 0 Å². The van der Waals surface area contributed by atoms with E-state index < -0.39 is 0 Å². The maximum Gasteiger partial charge on any atom is 0.239 e. The van der Waals surface area contributed by atoms with Gasteiger partial charge >= 0.3 is 0 Å². The van der Waals surface area contributed by atoms with E-state index in [1.165, 1.54) is 0 Å². The lowest BCUT2D eigenvalue weighted by molar-refractivity contribution is -0.117. The molecule has 0 saturated carbocycles. The van der Waals surface area contributed by atoms with E-state index in [-0.39, 0.29) is 12.5 Å². The monoisotopic (exact) mass is 463 g/mol. The van der Waals surface area contributed by atoms with E-state index in [2.05, 4.69) is 20.4 Å². The first kappa shape index (κ1) is 23.2. The molecule has 3 aromatic rings. The van der Waals surface area contributed by atoms with E-state index in [4.69, 9.17) is 25.9 Å². The van der Waals surface area contributed by atoms with Gasteiger partial charge in [-0.15, -0.1) is 11.3 Å². The van der Waals surface area contributed by atoms with Crippen molar-refractivity contribution in [2.75, 3.05) is 32.6 Å². The molecule has 2 heterocycles. The molecular formula is C21H26ClN5O3S. The molecule has 31 heavy (non-hydrogen) atoms. The van der Waals surface area contributed by atoms with Crippen molar-refractivity contribution in [1.82, 2.24) is 14.6 Å². The summed E-state index contributed by atoms with van der Waals surface area (Å²) in [5, 5.41) is 9.26. The smallest absolute Gasteiger partial charge is 0.239 e. The lowest BCUT2D eigenvalue weighted by atomic mass is 10.3. The van der Waals surface area contributed by atoms with Crippen LogP contribution in [0.4, 0.5) is 11.5 Å². The van der Waals surface area contributed by atoms with Crippen molar-refractivity contribution in [2.45, 2.75) is 26.4 Å². The van der Waals surface area contributed by atoms with Crippen LogP contribution in [-0.2, 0) is 22.6 Å². The normalized spacial score (nSPS) is 12.0. The summed E-state index contributed by atoms with van der Waals surface area (Å²) in [6.07, 6.45) is 0.860. The zero-order valence-electron chi connectivity index (χ0n) is 17.8. The summed E-state index contributed by atoms with van der Waals surface area (Å²) < 4.78 is 12.4. The van der Waals surface area contributed by atoms with Gasteiger partial charge in [0.25, 0.3) is 0 Å². The molecule has 3 rings (SSSR count). The first-order chi connectivity index (χ1) is 14.9. The van der Waals surface area contributed by atoms with Crippen LogP contribution in [-0.4, -0.2) is 47.8 Å². The third-order valence-electron chi connectivity index (χ3n) is 4.38. The lowest BCUT2D eigenvalue weighted by Crippen LogP contribution is -2.31. The minimum Gasteiger partial charge on any atom is -0.385 e. The number of likely N-dealkylation sites (N-methyl/N-ethyl adjacent to an activating group) is 1. The van der Waals surface area contributed by atoms with E-state index in [0.717, 1.165) is 29.1 Å². The average molecular weight is 464 g/mol. The Morgan fingerprint density at radius 3 is 2.97 bits per heavy atom. The van der Waals surface area contributed by atoms with Crippen molar-refractivity contribution in [3.05, 3.63) is 57.0 Å². The fourth-order valence-corrected chi connectivity index (χ4v) is 4.15. The zero-order valence-corrected chi connectivity index (χ0v) is 19.4. The number of anilines is 1. The number of hydrogen-bond donors (Lipinski definition) is 1. The van der Waals surface area contributed by atoms with Gasteiger partial charge in [-0.05, 0) is 38.6 Å². The number of amides is 1. The highest BCUT2D eigenvalue weighted by Crippen LogP contribution is 2.18. The molecule has 1 aromatic carbocycles. The number of thiazole rings is 1. The molecule has 1 N–H and O–H groups in total. The van der Waals surface area contributed by atoms with Gasteiger partial charge in [-0.25, -0.2) is 4.99 Å². The fourth-order valence-electron chi connectivity index (χ4n) is 3.03. The van der Waals surface area contributed by atoms with Crippen molar-refractivity contribution < 1.29 is 14.1 Å². The predicted molar refractivity (Wildman–Crippen MR) is 122 cm³/mol. The first-order valence-corrected chi connectivity index (χ1v) is 11.1. The number of nitrogens with one attached hydrogen (secondary N) is 1. The second-order valence-corrected chi connectivity index (χ2v) is 8.42. The Bertz CT molecular complexity index is 1070. The molecule has 0 spiro atoms. The predicted octanol–water partition coefficient (Wildman–Crippen LogP) is 3.84. The summed E-state index contributed by atoms with van der Waals surface area (Å²) in [7, 11) is 3.60. The number of methoxy groups -OCH3 is 1. The molecule has 10 heteroatoms. The van der Waals surface area contributed by atoms with Crippen molar-refractivity contribution >= 4 is 40.4 Å². The Hall–Kier alpha value is -2.46. The minimum atomic E-state index is -0.152. The molecule has 0 radical (unpaired) electrons. The summed E-state index contributed by atoms with van der Waals surface area (Å²) in [5.74, 6) is 0.916. The second-order valence-electron chi connectivity index (χ2n) is 7.14. The summed E-state index contributed by atoms with van der Waals surface area (Å²) in [6.45, 7) is 4.03. The summed E-state index contributed by atoms with van der Waals surface area (Å²) >= 11 is 7.66. The van der Waals surface area contributed by atoms with Crippen LogP contribution in [0.2, 0.25) is 5.02 Å². The molecule has 0 aliphatic rings. The van der Waals surface area contributed by atoms with Crippen LogP contribution in [0, 0.1) is 6.92 Å². The molecule has 8 nitrogen and oxygen atoms in total. The number of nitrogens with zero attached hydrogens (tertiary/aromatic N) is 4. The van der Waals surface area contributed by atoms with Crippen LogP contribution in [0.3, 0.4) is 0 Å². The molecule has 2 aromatic heterocycles. The zero-order chi connectivity index (χ0) is 22.2. The number of halogens is 1. The lowest BCUT2D eigenvalue weighted by Gasteiger charge is -2.17. The Labute approximate surface area is 190 Å². The molecule has 0 atom stereocenters. The van der Waals surface area contributed by atoms with Crippen LogP contribution >= 0.6 is 22.9 Å². The molecule has 0 unspecified atom stereocenters. The molecule has 0 fully saturated rings. The topological polar surface area (TPSA) is 84.9 Å². The van der Waals surface area contributed by atoms with Gasteiger partial charge in [0, 0.05) is 49.0 Å². The number of benzene rings is 1. The van der Waals surface area contributed by atoms with Gasteiger partial charge in [0.2, 0.25) is 5.91 Å². The highest BCUT2D eigenvalue weighted by molar-refractivity contribution is 7.07. The van der Waals surface area contributed by atoms with Gasteiger partial charge in [-0.1, -0.05) is 22.8 Å². The number of aryl methyl sites for hydroxylation is 1. The molecule has 0 aliphatic heterocycles. The highest BCUT2D eigenvalue weighted by atomic mass is 35.5. The van der Waals surface area contributed by atoms with Crippen molar-refractivity contribution in [2.24, 2.45) is 4.99 Å². The summed E-state index contributed by atoms with van der Waals surface area (Å²) in [4.78, 5) is 19.9. The van der Waals surface area contributed by atoms with Gasteiger partial charge in [-0.2, -0.15) is 0 Å². The standard InChI is InChI=1S/C21H26ClN5O3S/c1-15-10-19(25-30-15)24-20(28)13-26(2)12-18-14-31-21(27(18)8-5-9-29-3)23-17-7-4-6-16(22)11-17/h4,6-7,10-11,14H,5,8-9,12-13H2,1-3H3,(H,24,25,28). The van der Waals surface area contributed by atoms with Crippen LogP contribution in [0.15, 0.2) is 45.2 Å². The molecular weight excluding hydrogens is 438 g/mol. The third-order valence-corrected chi connectivity index (χ3v) is 5.53. The number of ether oxygens (including phenoxy) is 1. The number of aromatic nitrogens is 2. The average Bonchev–Trinajstić information content (AvgIpc) is 3.28. The van der Waals surface area contributed by atoms with E-state index in [1.807, 2.05) is 36.2 Å². The van der Waals surface area contributed by atoms with Gasteiger partial charge in [-0.3, -0.25) is 9.69 Å². The Balaban J connectivity index is 1.73. The van der Waals surface area contributed by atoms with Crippen LogP contribution in [0.25, 0.3) is 0 Å². The maximum absolute atomic E-state index is 12.3. The SMILES string of the molecule is COCCCn1c(CN(C)CC(=O)Nc2cc(C)on2)csc1=Nc1cccc(Cl)c1. The van der Waals surface area contributed by atoms with Crippen LogP contribution < -0.4 is 10.1 Å². The number of carbonyl (C=O) groups is 1. The maximum atomic E-state index is 12.3. The Morgan fingerprint density at radius 1 is 1.42 bits per heavy atom. The van der Waals surface area contributed by atoms with Crippen molar-refractivity contribution in [1.29, 1.82) is 0 Å². The Morgan fingerprint density at radius 2 is 2.26 bits per heavy atom. The van der Waals surface area contributed by atoms with Crippen molar-refractivity contribution in [3.63, 3.8) is 0 Å². The molecule has 166 valence electrons. The highest BCUT2D eigenvalue weighted by Gasteiger charge is 2.13. The first-order valence-electron chi connectivity index (χ1n) is 9.82. The third kappa shape index (κ3) is 7.03. The second kappa shape index (κ2) is 11.2. The van der Waals surface area contributed by atoms with Gasteiger partial charge in [0.05, 0.1) is 12.2 Å². The quantitative estimate of drug-likeness (QED) is 0.462. The van der Waals surface area contributed by atoms with E-state index >= 15 is 0 Å². The summed E-state index contributed by atoms with van der Waals surface area (Å²) in [5.41, 5.74) is 1.88. The van der Waals surface area contributed by atoms with E-state index in [1.54, 1.807) is 31.4 Å². The summed E-state index contributed by atoms with van der Waals surface area (Å²) in [6, 6.07) is 9.15. The van der Waals surface area contributed by atoms with E-state index in [0.29, 0.717) is 29.8 Å². The molecule has 0 aliphatic carbocycles. The Kier molecular flexibility index (Phi) is 8.42. The van der Waals surface area contributed by atoms with Gasteiger partial charge in [0.15, 0.2) is 10.6 Å². The fraction of sp³-hybridized carbons (Fsp3) is 0.381. The van der Waals surface area contributed by atoms with Gasteiger partial charge < -0.3 is 19.1 Å². The van der Waals surface area contributed by atoms with Crippen LogP contribution in [0.1, 0.15) is 17.9 Å². The number of carbonyl (C=O) groups excluding carboxylic acids is 1. The molecule has 1 amide bonds.